The van der Waals surface area contributed by atoms with Gasteiger partial charge in [0.2, 0.25) is 0 Å². The van der Waals surface area contributed by atoms with Gasteiger partial charge in [-0.25, -0.2) is 4.74 Å². The highest BCUT2D eigenvalue weighted by atomic mass is 32.2. The van der Waals surface area contributed by atoms with E-state index in [1.807, 2.05) is 0 Å². The molecule has 0 unspecified atom stereocenters. The van der Waals surface area contributed by atoms with Crippen LogP contribution in [0.25, 0.3) is 0 Å². The third-order valence-electron chi connectivity index (χ3n) is 2.48. The molecule has 21 heavy (non-hydrogen) atoms. The van der Waals surface area contributed by atoms with Gasteiger partial charge in [0, 0.05) is 20.8 Å². The molecule has 10 heteroatoms. The van der Waals surface area contributed by atoms with Crippen molar-refractivity contribution in [2.75, 3.05) is 0 Å². The van der Waals surface area contributed by atoms with Crippen molar-refractivity contribution in [3.8, 4) is 0 Å². The predicted molar refractivity (Wildman–Crippen MR) is 74.6 cm³/mol. The van der Waals surface area contributed by atoms with E-state index in [0.29, 0.717) is 10.8 Å². The van der Waals surface area contributed by atoms with Crippen molar-refractivity contribution < 1.29 is 30.7 Å². The summed E-state index contributed by atoms with van der Waals surface area (Å²) in [6.45, 7) is 4.74. The van der Waals surface area contributed by atoms with Crippen molar-refractivity contribution in [1.29, 1.82) is 0 Å². The molecule has 0 aliphatic carbocycles. The fourth-order valence-corrected chi connectivity index (χ4v) is 2.60. The number of benzene rings is 1. The lowest BCUT2D eigenvalue weighted by Gasteiger charge is -2.19. The van der Waals surface area contributed by atoms with Gasteiger partial charge in [-0.1, -0.05) is 0 Å². The highest BCUT2D eigenvalue weighted by molar-refractivity contribution is 7.86. The maximum Gasteiger partial charge on any atom is 0.295 e. The first-order chi connectivity index (χ1) is 9.23. The summed E-state index contributed by atoms with van der Waals surface area (Å²) in [5, 5.41) is 11.8. The van der Waals surface area contributed by atoms with Crippen molar-refractivity contribution in [1.82, 2.24) is 0 Å². The van der Waals surface area contributed by atoms with Gasteiger partial charge in [0.15, 0.2) is 11.8 Å². The zero-order chi connectivity index (χ0) is 16.6. The summed E-state index contributed by atoms with van der Waals surface area (Å²) in [6, 6.07) is 2.50. The number of hydrogen-bond donors (Lipinski definition) is 2. The lowest BCUT2D eigenvalue weighted by molar-refractivity contribution is -0.530. The summed E-state index contributed by atoms with van der Waals surface area (Å²) < 4.78 is 63.1. The van der Waals surface area contributed by atoms with Gasteiger partial charge in [0.1, 0.15) is 4.90 Å². The Morgan fingerprint density at radius 3 is 2.00 bits per heavy atom. The van der Waals surface area contributed by atoms with E-state index in [2.05, 4.69) is 0 Å². The van der Waals surface area contributed by atoms with Gasteiger partial charge in [-0.05, 0) is 18.2 Å². The van der Waals surface area contributed by atoms with Crippen LogP contribution in [-0.4, -0.2) is 42.4 Å². The summed E-state index contributed by atoms with van der Waals surface area (Å²) in [4.78, 5) is -1.50. The molecule has 0 aliphatic heterocycles. The Morgan fingerprint density at radius 1 is 1.10 bits per heavy atom. The molecule has 0 saturated carbocycles. The molecule has 0 heterocycles. The summed E-state index contributed by atoms with van der Waals surface area (Å²) in [5.41, 5.74) is -1.06. The Balaban J connectivity index is 3.63. The van der Waals surface area contributed by atoms with Gasteiger partial charge in [0.05, 0.1) is 10.5 Å². The van der Waals surface area contributed by atoms with Crippen molar-refractivity contribution in [3.05, 3.63) is 29.0 Å². The largest absolute Gasteiger partial charge is 0.623 e. The van der Waals surface area contributed by atoms with Crippen molar-refractivity contribution in [2.24, 2.45) is 0 Å². The van der Waals surface area contributed by atoms with Crippen LogP contribution in [0.5, 0.6) is 0 Å². The van der Waals surface area contributed by atoms with Crippen LogP contribution in [-0.2, 0) is 20.2 Å². The zero-order valence-corrected chi connectivity index (χ0v) is 13.1. The molecule has 0 bridgehead atoms. The van der Waals surface area contributed by atoms with Crippen LogP contribution in [0.4, 0.5) is 0 Å². The van der Waals surface area contributed by atoms with Crippen LogP contribution < -0.4 is 0 Å². The average molecular weight is 337 g/mol. The lowest BCUT2D eigenvalue weighted by Crippen LogP contribution is -2.29. The molecule has 0 saturated heterocycles. The molecule has 8 nitrogen and oxygen atoms in total. The standard InChI is InChI=1S/C11H15NO7S2/c1-11(2,3)12(13)7-8-4-5-9(20(14,15)16)6-10(8)21(17,18)19/h4-7H,1-3H3,(H,14,15,16)(H,17,18,19). The highest BCUT2D eigenvalue weighted by Gasteiger charge is 2.23. The molecule has 2 N–H and O–H groups in total. The van der Waals surface area contributed by atoms with E-state index in [0.717, 1.165) is 18.3 Å². The molecule has 0 aromatic heterocycles. The predicted octanol–water partition coefficient (Wildman–Crippen LogP) is 0.908. The first kappa shape index (κ1) is 17.6. The first-order valence-corrected chi connectivity index (χ1v) is 8.51. The molecular weight excluding hydrogens is 322 g/mol. The van der Waals surface area contributed by atoms with E-state index in [-0.39, 0.29) is 5.56 Å². The SMILES string of the molecule is CC(C)(C)[N+]([O-])=Cc1ccc(S(=O)(=O)O)cc1S(=O)(=O)O. The number of nitrogens with zero attached hydrogens (tertiary/aromatic N) is 1. The monoisotopic (exact) mass is 337 g/mol. The van der Waals surface area contributed by atoms with E-state index in [9.17, 15) is 22.0 Å². The smallest absolute Gasteiger partial charge is 0.295 e. The molecule has 0 spiro atoms. The molecule has 1 rings (SSSR count). The second kappa shape index (κ2) is 5.37. The van der Waals surface area contributed by atoms with Crippen LogP contribution in [0.3, 0.4) is 0 Å². The van der Waals surface area contributed by atoms with Crippen molar-refractivity contribution in [2.45, 2.75) is 36.1 Å². The van der Waals surface area contributed by atoms with Crippen LogP contribution in [0.1, 0.15) is 26.3 Å². The Kier molecular flexibility index (Phi) is 4.49. The minimum Gasteiger partial charge on any atom is -0.623 e. The fourth-order valence-electron chi connectivity index (χ4n) is 1.33. The summed E-state index contributed by atoms with van der Waals surface area (Å²) in [6.07, 6.45) is 0.914. The molecule has 0 atom stereocenters. The Labute approximate surface area is 122 Å². The van der Waals surface area contributed by atoms with Gasteiger partial charge in [-0.15, -0.1) is 0 Å². The fraction of sp³-hybridized carbons (Fsp3) is 0.364. The molecule has 0 radical (unpaired) electrons. The summed E-state index contributed by atoms with van der Waals surface area (Å²) in [5.74, 6) is 0. The van der Waals surface area contributed by atoms with Gasteiger partial charge in [-0.3, -0.25) is 9.11 Å². The van der Waals surface area contributed by atoms with Gasteiger partial charge < -0.3 is 5.21 Å². The van der Waals surface area contributed by atoms with E-state index in [1.54, 1.807) is 20.8 Å². The minimum absolute atomic E-state index is 0.199. The Bertz CT molecular complexity index is 786. The van der Waals surface area contributed by atoms with Crippen LogP contribution in [0.15, 0.2) is 28.0 Å². The maximum absolute atomic E-state index is 11.8. The average Bonchev–Trinajstić information content (AvgIpc) is 2.25. The molecule has 0 aliphatic rings. The quantitative estimate of drug-likeness (QED) is 0.275. The van der Waals surface area contributed by atoms with E-state index >= 15 is 0 Å². The number of hydroxylamine groups is 1. The lowest BCUT2D eigenvalue weighted by atomic mass is 10.1. The van der Waals surface area contributed by atoms with Crippen LogP contribution in [0, 0.1) is 5.21 Å². The number of hydrogen-bond acceptors (Lipinski definition) is 5. The van der Waals surface area contributed by atoms with Crippen molar-refractivity contribution in [3.63, 3.8) is 0 Å². The molecule has 0 amide bonds. The van der Waals surface area contributed by atoms with E-state index in [4.69, 9.17) is 9.11 Å². The Hall–Kier alpha value is -1.49. The Morgan fingerprint density at radius 2 is 1.62 bits per heavy atom. The molecule has 1 aromatic rings. The molecular formula is C11H15NO7S2. The van der Waals surface area contributed by atoms with Crippen LogP contribution in [0.2, 0.25) is 0 Å². The minimum atomic E-state index is -4.78. The molecule has 118 valence electrons. The second-order valence-corrected chi connectivity index (χ2v) is 8.09. The van der Waals surface area contributed by atoms with Gasteiger partial charge in [-0.2, -0.15) is 16.8 Å². The van der Waals surface area contributed by atoms with E-state index < -0.39 is 35.6 Å². The molecule has 1 aromatic carbocycles. The summed E-state index contributed by atoms with van der Waals surface area (Å²) in [7, 11) is -9.42. The van der Waals surface area contributed by atoms with Gasteiger partial charge in [0.25, 0.3) is 20.2 Å². The first-order valence-electron chi connectivity index (χ1n) is 5.63. The molecule has 0 fully saturated rings. The number of rotatable bonds is 3. The van der Waals surface area contributed by atoms with Gasteiger partial charge >= 0.3 is 0 Å². The van der Waals surface area contributed by atoms with Crippen LogP contribution >= 0.6 is 0 Å². The third-order valence-corrected chi connectivity index (χ3v) is 4.24. The zero-order valence-electron chi connectivity index (χ0n) is 11.5. The normalized spacial score (nSPS) is 14.2. The summed E-state index contributed by atoms with van der Waals surface area (Å²) >= 11 is 0. The van der Waals surface area contributed by atoms with E-state index in [1.165, 1.54) is 0 Å². The topological polar surface area (TPSA) is 135 Å². The highest BCUT2D eigenvalue weighted by Crippen LogP contribution is 2.20. The third kappa shape index (κ3) is 4.49. The second-order valence-electron chi connectivity index (χ2n) is 5.28. The van der Waals surface area contributed by atoms with Crippen molar-refractivity contribution >= 4 is 26.5 Å². The maximum atomic E-state index is 11.8.